The molecule has 0 spiro atoms. The Labute approximate surface area is 125 Å². The van der Waals surface area contributed by atoms with E-state index in [9.17, 15) is 0 Å². The second-order valence-corrected chi connectivity index (χ2v) is 7.87. The summed E-state index contributed by atoms with van der Waals surface area (Å²) in [6.45, 7) is 6.00. The quantitative estimate of drug-likeness (QED) is 0.759. The fourth-order valence-corrected chi connectivity index (χ4v) is 4.76. The third kappa shape index (κ3) is 3.57. The van der Waals surface area contributed by atoms with Gasteiger partial charge in [0, 0.05) is 6.61 Å². The molecule has 0 radical (unpaired) electrons. The fourth-order valence-electron chi connectivity index (χ4n) is 4.76. The van der Waals surface area contributed by atoms with Crippen molar-refractivity contribution in [3.8, 4) is 0 Å². The van der Waals surface area contributed by atoms with E-state index >= 15 is 0 Å². The molecule has 1 aliphatic carbocycles. The van der Waals surface area contributed by atoms with E-state index in [2.05, 4.69) is 18.9 Å². The predicted octanol–water partition coefficient (Wildman–Crippen LogP) is 3.95. The first-order chi connectivity index (χ1) is 9.72. The summed E-state index contributed by atoms with van der Waals surface area (Å²) in [7, 11) is 2.27. The third-order valence-corrected chi connectivity index (χ3v) is 6.31. The van der Waals surface area contributed by atoms with E-state index in [1.807, 2.05) is 0 Å². The summed E-state index contributed by atoms with van der Waals surface area (Å²) in [4.78, 5) is 2.50. The van der Waals surface area contributed by atoms with Crippen LogP contribution in [0.2, 0.25) is 0 Å². The summed E-state index contributed by atoms with van der Waals surface area (Å²) < 4.78 is 6.12. The Morgan fingerprint density at radius 2 is 1.35 bits per heavy atom. The van der Waals surface area contributed by atoms with E-state index in [1.165, 1.54) is 64.5 Å². The summed E-state index contributed by atoms with van der Waals surface area (Å²) in [5.41, 5.74) is 0. The lowest BCUT2D eigenvalue weighted by atomic mass is 9.71. The summed E-state index contributed by atoms with van der Waals surface area (Å²) >= 11 is 0. The standard InChI is InChI=1S/C18H33NO/c1-14-3-8-18(20-13-14)17-6-4-15(5-7-17)16-9-11-19(2)12-10-16/h14-18H,3-13H2,1-2H3/t14-,15?,17?,18?/m1/s1. The molecule has 2 heteroatoms. The van der Waals surface area contributed by atoms with Gasteiger partial charge in [-0.3, -0.25) is 0 Å². The van der Waals surface area contributed by atoms with Crippen molar-refractivity contribution in [1.82, 2.24) is 4.90 Å². The van der Waals surface area contributed by atoms with Crippen LogP contribution in [-0.4, -0.2) is 37.7 Å². The van der Waals surface area contributed by atoms with Crippen LogP contribution in [0.5, 0.6) is 0 Å². The zero-order valence-corrected chi connectivity index (χ0v) is 13.5. The Bertz CT molecular complexity index is 252. The van der Waals surface area contributed by atoms with E-state index < -0.39 is 0 Å². The predicted molar refractivity (Wildman–Crippen MR) is 83.8 cm³/mol. The lowest BCUT2D eigenvalue weighted by molar-refractivity contribution is -0.0570. The summed E-state index contributed by atoms with van der Waals surface area (Å²) in [6, 6.07) is 0. The van der Waals surface area contributed by atoms with E-state index in [0.717, 1.165) is 30.3 Å². The Kier molecular flexibility index (Phi) is 5.04. The van der Waals surface area contributed by atoms with Crippen molar-refractivity contribution in [3.63, 3.8) is 0 Å². The van der Waals surface area contributed by atoms with Crippen LogP contribution in [0.25, 0.3) is 0 Å². The van der Waals surface area contributed by atoms with Crippen LogP contribution in [0.3, 0.4) is 0 Å². The van der Waals surface area contributed by atoms with Gasteiger partial charge in [-0.2, -0.15) is 0 Å². The minimum absolute atomic E-state index is 0.602. The van der Waals surface area contributed by atoms with Crippen LogP contribution in [0.15, 0.2) is 0 Å². The van der Waals surface area contributed by atoms with Crippen LogP contribution in [-0.2, 0) is 4.74 Å². The lowest BCUT2D eigenvalue weighted by Crippen LogP contribution is -2.37. The summed E-state index contributed by atoms with van der Waals surface area (Å²) in [5.74, 6) is 3.73. The highest BCUT2D eigenvalue weighted by atomic mass is 16.5. The second kappa shape index (κ2) is 6.79. The molecule has 0 aromatic rings. The molecule has 2 heterocycles. The molecule has 1 unspecified atom stereocenters. The summed E-state index contributed by atoms with van der Waals surface area (Å²) in [5, 5.41) is 0. The smallest absolute Gasteiger partial charge is 0.0603 e. The molecule has 0 amide bonds. The first-order valence-corrected chi connectivity index (χ1v) is 9.02. The number of piperidine rings is 1. The van der Waals surface area contributed by atoms with Gasteiger partial charge in [0.1, 0.15) is 0 Å². The monoisotopic (exact) mass is 279 g/mol. The molecule has 2 saturated heterocycles. The minimum atomic E-state index is 0.602. The maximum atomic E-state index is 6.12. The number of likely N-dealkylation sites (tertiary alicyclic amines) is 1. The molecule has 3 aliphatic rings. The fraction of sp³-hybridized carbons (Fsp3) is 1.00. The molecule has 3 fully saturated rings. The number of hydrogen-bond acceptors (Lipinski definition) is 2. The van der Waals surface area contributed by atoms with Crippen LogP contribution in [0.1, 0.15) is 58.3 Å². The van der Waals surface area contributed by atoms with E-state index in [1.54, 1.807) is 0 Å². The minimum Gasteiger partial charge on any atom is -0.378 e. The van der Waals surface area contributed by atoms with Crippen LogP contribution < -0.4 is 0 Å². The van der Waals surface area contributed by atoms with Crippen molar-refractivity contribution in [3.05, 3.63) is 0 Å². The number of rotatable bonds is 2. The van der Waals surface area contributed by atoms with Gasteiger partial charge < -0.3 is 9.64 Å². The molecule has 0 N–H and O–H groups in total. The van der Waals surface area contributed by atoms with Crippen LogP contribution >= 0.6 is 0 Å². The Morgan fingerprint density at radius 1 is 0.750 bits per heavy atom. The molecule has 3 rings (SSSR count). The average molecular weight is 279 g/mol. The molecular weight excluding hydrogens is 246 g/mol. The largest absolute Gasteiger partial charge is 0.378 e. The van der Waals surface area contributed by atoms with Crippen molar-refractivity contribution in [2.24, 2.45) is 23.7 Å². The number of ether oxygens (including phenoxy) is 1. The van der Waals surface area contributed by atoms with Crippen molar-refractivity contribution < 1.29 is 4.74 Å². The SMILES string of the molecule is C[C@@H]1CCC(C2CCC(C3CCN(C)CC3)CC2)OC1. The normalized spacial score (nSPS) is 41.7. The van der Waals surface area contributed by atoms with Gasteiger partial charge in [0.05, 0.1) is 6.10 Å². The molecule has 20 heavy (non-hydrogen) atoms. The van der Waals surface area contributed by atoms with Gasteiger partial charge in [-0.05, 0) is 95.2 Å². The number of nitrogens with zero attached hydrogens (tertiary/aromatic N) is 1. The zero-order chi connectivity index (χ0) is 13.9. The molecule has 0 aromatic carbocycles. The second-order valence-electron chi connectivity index (χ2n) is 7.87. The van der Waals surface area contributed by atoms with Gasteiger partial charge in [0.2, 0.25) is 0 Å². The van der Waals surface area contributed by atoms with Gasteiger partial charge in [-0.15, -0.1) is 0 Å². The molecule has 2 aliphatic heterocycles. The summed E-state index contributed by atoms with van der Waals surface area (Å²) in [6.07, 6.45) is 12.1. The number of hydrogen-bond donors (Lipinski definition) is 0. The molecule has 2 atom stereocenters. The van der Waals surface area contributed by atoms with Gasteiger partial charge >= 0.3 is 0 Å². The molecular formula is C18H33NO. The molecule has 0 aromatic heterocycles. The van der Waals surface area contributed by atoms with Gasteiger partial charge in [-0.25, -0.2) is 0 Å². The highest BCUT2D eigenvalue weighted by Crippen LogP contribution is 2.40. The van der Waals surface area contributed by atoms with Gasteiger partial charge in [-0.1, -0.05) is 6.92 Å². The Morgan fingerprint density at radius 3 is 1.95 bits per heavy atom. The van der Waals surface area contributed by atoms with E-state index in [0.29, 0.717) is 6.10 Å². The highest BCUT2D eigenvalue weighted by molar-refractivity contribution is 4.85. The first kappa shape index (κ1) is 14.8. The van der Waals surface area contributed by atoms with Crippen LogP contribution in [0, 0.1) is 23.7 Å². The molecule has 2 nitrogen and oxygen atoms in total. The van der Waals surface area contributed by atoms with Crippen molar-refractivity contribution in [2.75, 3.05) is 26.7 Å². The van der Waals surface area contributed by atoms with Crippen molar-refractivity contribution in [2.45, 2.75) is 64.4 Å². The maximum absolute atomic E-state index is 6.12. The van der Waals surface area contributed by atoms with E-state index in [4.69, 9.17) is 4.74 Å². The Hall–Kier alpha value is -0.0800. The molecule has 1 saturated carbocycles. The average Bonchev–Trinajstić information content (AvgIpc) is 2.49. The zero-order valence-electron chi connectivity index (χ0n) is 13.5. The van der Waals surface area contributed by atoms with Gasteiger partial charge in [0.15, 0.2) is 0 Å². The topological polar surface area (TPSA) is 12.5 Å². The molecule has 0 bridgehead atoms. The maximum Gasteiger partial charge on any atom is 0.0603 e. The van der Waals surface area contributed by atoms with Crippen molar-refractivity contribution >= 4 is 0 Å². The van der Waals surface area contributed by atoms with Crippen LogP contribution in [0.4, 0.5) is 0 Å². The highest BCUT2D eigenvalue weighted by Gasteiger charge is 2.34. The van der Waals surface area contributed by atoms with Crippen molar-refractivity contribution in [1.29, 1.82) is 0 Å². The van der Waals surface area contributed by atoms with Gasteiger partial charge in [0.25, 0.3) is 0 Å². The third-order valence-electron chi connectivity index (χ3n) is 6.31. The first-order valence-electron chi connectivity index (χ1n) is 9.02. The Balaban J connectivity index is 1.42. The van der Waals surface area contributed by atoms with E-state index in [-0.39, 0.29) is 0 Å². The molecule has 116 valence electrons. The lowest BCUT2D eigenvalue weighted by Gasteiger charge is -2.41.